The molecular weight excluding hydrogens is 383 g/mol. The van der Waals surface area contributed by atoms with Gasteiger partial charge in [-0.1, -0.05) is 29.5 Å². The second-order valence-electron chi connectivity index (χ2n) is 4.83. The second kappa shape index (κ2) is 7.26. The molecule has 0 saturated heterocycles. The lowest BCUT2D eigenvalue weighted by Gasteiger charge is -2.24. The molecule has 2 atom stereocenters. The summed E-state index contributed by atoms with van der Waals surface area (Å²) in [5, 5.41) is 0. The smallest absolute Gasteiger partial charge is 0.142 e. The number of carbonyl (C=O) groups is 1. The van der Waals surface area contributed by atoms with Crippen molar-refractivity contribution in [2.75, 3.05) is 20.8 Å². The van der Waals surface area contributed by atoms with Gasteiger partial charge in [-0.3, -0.25) is 4.79 Å². The quantitative estimate of drug-likeness (QED) is 0.721. The van der Waals surface area contributed by atoms with Crippen molar-refractivity contribution in [3.63, 3.8) is 0 Å². The maximum Gasteiger partial charge on any atom is 0.142 e. The average Bonchev–Trinajstić information content (AvgIpc) is 2.69. The van der Waals surface area contributed by atoms with Crippen LogP contribution in [0.1, 0.15) is 25.0 Å². The number of rotatable bonds is 4. The Hall–Kier alpha value is -1.08. The molecule has 0 amide bonds. The molecule has 1 heterocycles. The van der Waals surface area contributed by atoms with Gasteiger partial charge in [-0.15, -0.1) is 0 Å². The van der Waals surface area contributed by atoms with Crippen molar-refractivity contribution in [1.29, 1.82) is 0 Å². The molecule has 4 nitrogen and oxygen atoms in total. The van der Waals surface area contributed by atoms with Gasteiger partial charge in [-0.05, 0) is 27.9 Å². The van der Waals surface area contributed by atoms with Crippen molar-refractivity contribution >= 4 is 28.4 Å². The van der Waals surface area contributed by atoms with E-state index in [1.54, 1.807) is 14.2 Å². The van der Waals surface area contributed by atoms with E-state index in [0.717, 1.165) is 22.6 Å². The van der Waals surface area contributed by atoms with E-state index in [1.165, 1.54) is 0 Å². The summed E-state index contributed by atoms with van der Waals surface area (Å²) in [4.78, 5) is 12.4. The number of halogens is 1. The zero-order valence-corrected chi connectivity index (χ0v) is 14.5. The first-order chi connectivity index (χ1) is 10.2. The Kier molecular flexibility index (Phi) is 5.64. The number of ether oxygens (including phenoxy) is 3. The molecule has 1 aliphatic rings. The third-order valence-corrected chi connectivity index (χ3v) is 4.51. The molecular formula is C16H19IO4. The van der Waals surface area contributed by atoms with Crippen molar-refractivity contribution in [2.24, 2.45) is 5.92 Å². The Bertz CT molecular complexity index is 553. The number of Topliss-reactive ketones (excluding diaryl/α,β-unsaturated/α-hetero) is 1. The highest BCUT2D eigenvalue weighted by molar-refractivity contribution is 14.1. The lowest BCUT2D eigenvalue weighted by Crippen LogP contribution is -2.25. The molecule has 0 aliphatic carbocycles. The first-order valence-corrected chi connectivity index (χ1v) is 8.06. The highest BCUT2D eigenvalue weighted by Gasteiger charge is 2.36. The van der Waals surface area contributed by atoms with E-state index in [9.17, 15) is 4.79 Å². The summed E-state index contributed by atoms with van der Waals surface area (Å²) in [5.74, 6) is 1.31. The summed E-state index contributed by atoms with van der Waals surface area (Å²) in [6, 6.07) is 5.60. The van der Waals surface area contributed by atoms with Crippen LogP contribution < -0.4 is 9.47 Å². The molecule has 0 aromatic heterocycles. The average molecular weight is 402 g/mol. The Labute approximate surface area is 138 Å². The van der Waals surface area contributed by atoms with Crippen molar-refractivity contribution in [1.82, 2.24) is 0 Å². The van der Waals surface area contributed by atoms with Gasteiger partial charge in [0.1, 0.15) is 23.9 Å². The minimum atomic E-state index is -0.355. The van der Waals surface area contributed by atoms with Crippen LogP contribution >= 0.6 is 22.6 Å². The molecule has 2 rings (SSSR count). The topological polar surface area (TPSA) is 44.8 Å². The number of carbonyl (C=O) groups excluding carboxylic acids is 1. The van der Waals surface area contributed by atoms with E-state index < -0.39 is 0 Å². The number of ketones is 1. The highest BCUT2D eigenvalue weighted by Crippen LogP contribution is 2.42. The van der Waals surface area contributed by atoms with Crippen molar-refractivity contribution < 1.29 is 19.0 Å². The summed E-state index contributed by atoms with van der Waals surface area (Å²) in [7, 11) is 3.24. The summed E-state index contributed by atoms with van der Waals surface area (Å²) < 4.78 is 18.7. The van der Waals surface area contributed by atoms with E-state index >= 15 is 0 Å². The molecule has 1 aromatic rings. The molecule has 0 bridgehead atoms. The fraction of sp³-hybridized carbons (Fsp3) is 0.438. The highest BCUT2D eigenvalue weighted by atomic mass is 127. The fourth-order valence-electron chi connectivity index (χ4n) is 2.59. The molecule has 2 unspecified atom stereocenters. The van der Waals surface area contributed by atoms with Gasteiger partial charge in [-0.25, -0.2) is 0 Å². The molecule has 21 heavy (non-hydrogen) atoms. The van der Waals surface area contributed by atoms with Gasteiger partial charge in [0.05, 0.1) is 19.1 Å². The Morgan fingerprint density at radius 2 is 2.24 bits per heavy atom. The van der Waals surface area contributed by atoms with E-state index in [2.05, 4.69) is 22.6 Å². The first kappa shape index (κ1) is 16.3. The van der Waals surface area contributed by atoms with Crippen LogP contribution in [0.2, 0.25) is 0 Å². The minimum Gasteiger partial charge on any atom is -0.497 e. The third kappa shape index (κ3) is 3.23. The Balaban J connectivity index is 2.55. The van der Waals surface area contributed by atoms with Crippen LogP contribution in [-0.2, 0) is 9.53 Å². The minimum absolute atomic E-state index is 0.157. The number of benzene rings is 1. The molecule has 0 saturated carbocycles. The van der Waals surface area contributed by atoms with Gasteiger partial charge in [0.25, 0.3) is 0 Å². The van der Waals surface area contributed by atoms with E-state index in [0.29, 0.717) is 13.0 Å². The van der Waals surface area contributed by atoms with Crippen molar-refractivity contribution in [3.8, 4) is 11.5 Å². The van der Waals surface area contributed by atoms with Gasteiger partial charge in [-0.2, -0.15) is 0 Å². The summed E-state index contributed by atoms with van der Waals surface area (Å²) in [6.07, 6.45) is 0.115. The van der Waals surface area contributed by atoms with Crippen molar-refractivity contribution in [2.45, 2.75) is 19.4 Å². The molecule has 0 spiro atoms. The zero-order chi connectivity index (χ0) is 15.4. The summed E-state index contributed by atoms with van der Waals surface area (Å²) >= 11 is 2.15. The summed E-state index contributed by atoms with van der Waals surface area (Å²) in [6.45, 7) is 2.27. The van der Waals surface area contributed by atoms with Gasteiger partial charge in [0.2, 0.25) is 0 Å². The standard InChI is InChI=1S/C16H19IO4/c1-4-13(18)15-10(8-17)9-21-14-6-5-11(19-2)7-12(14)16(15)20-3/h5-8,15-16H,4,9H2,1-3H3/b10-8-. The number of methoxy groups -OCH3 is 2. The lowest BCUT2D eigenvalue weighted by atomic mass is 9.86. The number of hydrogen-bond donors (Lipinski definition) is 0. The lowest BCUT2D eigenvalue weighted by molar-refractivity contribution is -0.125. The van der Waals surface area contributed by atoms with Gasteiger partial charge in [0, 0.05) is 19.1 Å². The van der Waals surface area contributed by atoms with Gasteiger partial charge >= 0.3 is 0 Å². The molecule has 0 fully saturated rings. The van der Waals surface area contributed by atoms with Crippen LogP contribution in [0.5, 0.6) is 11.5 Å². The predicted molar refractivity (Wildman–Crippen MR) is 89.1 cm³/mol. The zero-order valence-electron chi connectivity index (χ0n) is 12.4. The second-order valence-corrected chi connectivity index (χ2v) is 5.45. The SMILES string of the molecule is CCC(=O)C1/C(=C\I)COc2ccc(OC)cc2C1OC. The van der Waals surface area contributed by atoms with Crippen molar-refractivity contribution in [3.05, 3.63) is 33.4 Å². The van der Waals surface area contributed by atoms with Crippen LogP contribution in [0, 0.1) is 5.92 Å². The predicted octanol–water partition coefficient (Wildman–Crippen LogP) is 3.69. The Morgan fingerprint density at radius 1 is 1.48 bits per heavy atom. The van der Waals surface area contributed by atoms with Crippen LogP contribution in [0.3, 0.4) is 0 Å². The van der Waals surface area contributed by atoms with Gasteiger partial charge < -0.3 is 14.2 Å². The monoisotopic (exact) mass is 402 g/mol. The molecule has 0 radical (unpaired) electrons. The van der Waals surface area contributed by atoms with Crippen LogP contribution in [0.15, 0.2) is 27.9 Å². The van der Waals surface area contributed by atoms with Crippen LogP contribution in [-0.4, -0.2) is 26.6 Å². The summed E-state index contributed by atoms with van der Waals surface area (Å²) in [5.41, 5.74) is 1.81. The molecule has 0 N–H and O–H groups in total. The normalized spacial score (nSPS) is 23.1. The molecule has 1 aromatic carbocycles. The maximum absolute atomic E-state index is 12.4. The van der Waals surface area contributed by atoms with E-state index in [4.69, 9.17) is 14.2 Å². The van der Waals surface area contributed by atoms with Crippen LogP contribution in [0.4, 0.5) is 0 Å². The molecule has 114 valence electrons. The third-order valence-electron chi connectivity index (χ3n) is 3.71. The number of hydrogen-bond acceptors (Lipinski definition) is 4. The molecule has 5 heteroatoms. The van der Waals surface area contributed by atoms with E-state index in [1.807, 2.05) is 29.2 Å². The van der Waals surface area contributed by atoms with E-state index in [-0.39, 0.29) is 17.8 Å². The van der Waals surface area contributed by atoms with Crippen LogP contribution in [0.25, 0.3) is 0 Å². The molecule has 1 aliphatic heterocycles. The maximum atomic E-state index is 12.4. The first-order valence-electron chi connectivity index (χ1n) is 6.81. The number of fused-ring (bicyclic) bond motifs is 1. The van der Waals surface area contributed by atoms with Gasteiger partial charge in [0.15, 0.2) is 0 Å². The fourth-order valence-corrected chi connectivity index (χ4v) is 3.16. The Morgan fingerprint density at radius 3 is 2.81 bits per heavy atom. The largest absolute Gasteiger partial charge is 0.497 e.